The van der Waals surface area contributed by atoms with E-state index in [9.17, 15) is 4.79 Å². The van der Waals surface area contributed by atoms with Crippen LogP contribution >= 0.6 is 0 Å². The molecule has 0 spiro atoms. The van der Waals surface area contributed by atoms with Gasteiger partial charge in [-0.3, -0.25) is 0 Å². The molecule has 0 bridgehead atoms. The molecular weight excluding hydrogens is 176 g/mol. The van der Waals surface area contributed by atoms with Crippen molar-refractivity contribution < 1.29 is 9.53 Å². The van der Waals surface area contributed by atoms with Gasteiger partial charge in [-0.25, -0.2) is 0 Å². The molecule has 0 aromatic rings. The maximum Gasteiger partial charge on any atom is 0.122 e. The van der Waals surface area contributed by atoms with E-state index in [1.54, 1.807) is 0 Å². The van der Waals surface area contributed by atoms with Crippen molar-refractivity contribution in [2.24, 2.45) is 11.8 Å². The van der Waals surface area contributed by atoms with E-state index in [1.165, 1.54) is 0 Å². The molecule has 0 amide bonds. The van der Waals surface area contributed by atoms with Crippen molar-refractivity contribution in [1.29, 1.82) is 0 Å². The van der Waals surface area contributed by atoms with Gasteiger partial charge in [0.2, 0.25) is 0 Å². The van der Waals surface area contributed by atoms with Crippen molar-refractivity contribution in [2.75, 3.05) is 6.61 Å². The van der Waals surface area contributed by atoms with Crippen LogP contribution < -0.4 is 0 Å². The van der Waals surface area contributed by atoms with Crippen LogP contribution in [0.15, 0.2) is 0 Å². The number of ether oxygens (including phenoxy) is 1. The molecule has 0 fully saturated rings. The van der Waals surface area contributed by atoms with Crippen molar-refractivity contribution in [3.8, 4) is 0 Å². The third kappa shape index (κ3) is 6.14. The summed E-state index contributed by atoms with van der Waals surface area (Å²) >= 11 is 0. The summed E-state index contributed by atoms with van der Waals surface area (Å²) in [6.45, 7) is 11.1. The summed E-state index contributed by atoms with van der Waals surface area (Å²) < 4.78 is 5.63. The highest BCUT2D eigenvalue weighted by atomic mass is 16.5. The van der Waals surface area contributed by atoms with Crippen LogP contribution in [0.1, 0.15) is 47.5 Å². The topological polar surface area (TPSA) is 26.3 Å². The van der Waals surface area contributed by atoms with Gasteiger partial charge in [-0.2, -0.15) is 0 Å². The number of rotatable bonds is 7. The number of aldehydes is 1. The second-order valence-electron chi connectivity index (χ2n) is 4.85. The van der Waals surface area contributed by atoms with Gasteiger partial charge >= 0.3 is 0 Å². The van der Waals surface area contributed by atoms with E-state index < -0.39 is 0 Å². The summed E-state index contributed by atoms with van der Waals surface area (Å²) in [4.78, 5) is 10.5. The molecule has 0 aromatic heterocycles. The van der Waals surface area contributed by atoms with Crippen molar-refractivity contribution >= 4 is 6.29 Å². The Morgan fingerprint density at radius 3 is 2.36 bits per heavy atom. The molecule has 0 aromatic carbocycles. The van der Waals surface area contributed by atoms with Gasteiger partial charge in [0.25, 0.3) is 0 Å². The van der Waals surface area contributed by atoms with Crippen molar-refractivity contribution in [3.63, 3.8) is 0 Å². The largest absolute Gasteiger partial charge is 0.376 e. The molecule has 84 valence electrons. The van der Waals surface area contributed by atoms with Crippen LogP contribution in [0, 0.1) is 11.8 Å². The van der Waals surface area contributed by atoms with Gasteiger partial charge in [-0.15, -0.1) is 0 Å². The molecule has 0 heterocycles. The lowest BCUT2D eigenvalue weighted by molar-refractivity contribution is -0.111. The van der Waals surface area contributed by atoms with Gasteiger partial charge < -0.3 is 9.53 Å². The molecule has 0 aliphatic carbocycles. The zero-order valence-electron chi connectivity index (χ0n) is 10.2. The monoisotopic (exact) mass is 200 g/mol. The molecule has 0 rings (SSSR count). The van der Waals surface area contributed by atoms with E-state index in [2.05, 4.69) is 20.8 Å². The first kappa shape index (κ1) is 13.6. The minimum atomic E-state index is -0.0588. The highest BCUT2D eigenvalue weighted by molar-refractivity contribution is 5.52. The predicted octanol–water partition coefficient (Wildman–Crippen LogP) is 3.05. The molecule has 2 nitrogen and oxygen atoms in total. The minimum Gasteiger partial charge on any atom is -0.376 e. The van der Waals surface area contributed by atoms with E-state index in [0.717, 1.165) is 25.7 Å². The first-order valence-electron chi connectivity index (χ1n) is 5.50. The smallest absolute Gasteiger partial charge is 0.122 e. The third-order valence-corrected chi connectivity index (χ3v) is 2.38. The van der Waals surface area contributed by atoms with E-state index in [1.807, 2.05) is 13.8 Å². The zero-order valence-corrected chi connectivity index (χ0v) is 10.2. The summed E-state index contributed by atoms with van der Waals surface area (Å²) in [7, 11) is 0. The Hall–Kier alpha value is -0.370. The normalized spacial score (nSPS) is 16.4. The fourth-order valence-corrected chi connectivity index (χ4v) is 2.06. The summed E-state index contributed by atoms with van der Waals surface area (Å²) in [6, 6.07) is 0. The standard InChI is InChI=1S/C12H24O2/c1-6-14-12(4,5)8-10(2)7-11(3)9-13/h9-11H,6-8H2,1-5H3. The Bertz CT molecular complexity index is 164. The van der Waals surface area contributed by atoms with Crippen molar-refractivity contribution in [3.05, 3.63) is 0 Å². The van der Waals surface area contributed by atoms with Crippen molar-refractivity contribution in [2.45, 2.75) is 53.1 Å². The van der Waals surface area contributed by atoms with Gasteiger partial charge in [0.05, 0.1) is 5.60 Å². The number of carbonyl (C=O) groups is 1. The molecule has 2 unspecified atom stereocenters. The third-order valence-electron chi connectivity index (χ3n) is 2.38. The Morgan fingerprint density at radius 2 is 1.93 bits per heavy atom. The van der Waals surface area contributed by atoms with Crippen LogP contribution in [0.5, 0.6) is 0 Å². The lowest BCUT2D eigenvalue weighted by Gasteiger charge is -2.28. The Balaban J connectivity index is 3.91. The second-order valence-corrected chi connectivity index (χ2v) is 4.85. The molecule has 0 saturated heterocycles. The van der Waals surface area contributed by atoms with Crippen LogP contribution in [0.3, 0.4) is 0 Å². The Morgan fingerprint density at radius 1 is 1.36 bits per heavy atom. The quantitative estimate of drug-likeness (QED) is 0.590. The summed E-state index contributed by atoms with van der Waals surface area (Å²) in [5.41, 5.74) is -0.0588. The molecule has 2 atom stereocenters. The SMILES string of the molecule is CCOC(C)(C)CC(C)CC(C)C=O. The molecule has 0 N–H and O–H groups in total. The molecular formula is C12H24O2. The van der Waals surface area contributed by atoms with Crippen LogP contribution in [-0.2, 0) is 9.53 Å². The molecule has 0 aliphatic rings. The number of hydrogen-bond donors (Lipinski definition) is 0. The fourth-order valence-electron chi connectivity index (χ4n) is 2.06. The first-order valence-corrected chi connectivity index (χ1v) is 5.50. The lowest BCUT2D eigenvalue weighted by Crippen LogP contribution is -2.27. The zero-order chi connectivity index (χ0) is 11.2. The van der Waals surface area contributed by atoms with Gasteiger partial charge in [0, 0.05) is 12.5 Å². The first-order chi connectivity index (χ1) is 6.41. The highest BCUT2D eigenvalue weighted by Gasteiger charge is 2.21. The Kier molecular flexibility index (Phi) is 6.01. The Labute approximate surface area is 88.0 Å². The fraction of sp³-hybridized carbons (Fsp3) is 0.917. The van der Waals surface area contributed by atoms with Gasteiger partial charge in [0.1, 0.15) is 6.29 Å². The molecule has 0 radical (unpaired) electrons. The number of carbonyl (C=O) groups excluding carboxylic acids is 1. The van der Waals surface area contributed by atoms with E-state index in [-0.39, 0.29) is 11.5 Å². The molecule has 0 saturated carbocycles. The van der Waals surface area contributed by atoms with Crippen LogP contribution in [0.2, 0.25) is 0 Å². The van der Waals surface area contributed by atoms with Crippen LogP contribution in [-0.4, -0.2) is 18.5 Å². The highest BCUT2D eigenvalue weighted by Crippen LogP contribution is 2.24. The molecule has 14 heavy (non-hydrogen) atoms. The summed E-state index contributed by atoms with van der Waals surface area (Å²) in [5, 5.41) is 0. The van der Waals surface area contributed by atoms with Gasteiger partial charge in [0.15, 0.2) is 0 Å². The van der Waals surface area contributed by atoms with E-state index in [0.29, 0.717) is 5.92 Å². The summed E-state index contributed by atoms with van der Waals surface area (Å²) in [5.74, 6) is 0.708. The summed E-state index contributed by atoms with van der Waals surface area (Å²) in [6.07, 6.45) is 3.00. The van der Waals surface area contributed by atoms with Crippen molar-refractivity contribution in [1.82, 2.24) is 0 Å². The minimum absolute atomic E-state index is 0.0588. The predicted molar refractivity (Wildman–Crippen MR) is 59.3 cm³/mol. The lowest BCUT2D eigenvalue weighted by atomic mass is 9.88. The van der Waals surface area contributed by atoms with Gasteiger partial charge in [-0.1, -0.05) is 13.8 Å². The molecule has 2 heteroatoms. The van der Waals surface area contributed by atoms with Crippen LogP contribution in [0.4, 0.5) is 0 Å². The average Bonchev–Trinajstić information content (AvgIpc) is 2.02. The number of hydrogen-bond acceptors (Lipinski definition) is 2. The molecule has 0 aliphatic heterocycles. The van der Waals surface area contributed by atoms with E-state index >= 15 is 0 Å². The average molecular weight is 200 g/mol. The maximum absolute atomic E-state index is 10.5. The van der Waals surface area contributed by atoms with E-state index in [4.69, 9.17) is 4.74 Å². The van der Waals surface area contributed by atoms with Crippen LogP contribution in [0.25, 0.3) is 0 Å². The maximum atomic E-state index is 10.5. The van der Waals surface area contributed by atoms with Gasteiger partial charge in [-0.05, 0) is 39.5 Å². The second kappa shape index (κ2) is 6.18.